The van der Waals surface area contributed by atoms with E-state index in [-0.39, 0.29) is 35.1 Å². The minimum absolute atomic E-state index is 0.0168. The topological polar surface area (TPSA) is 130 Å². The van der Waals surface area contributed by atoms with Crippen molar-refractivity contribution in [2.75, 3.05) is 29.6 Å². The van der Waals surface area contributed by atoms with E-state index in [0.717, 1.165) is 12.0 Å². The molecule has 41 heavy (non-hydrogen) atoms. The summed E-state index contributed by atoms with van der Waals surface area (Å²) in [5, 5.41) is 11.9. The zero-order valence-corrected chi connectivity index (χ0v) is 22.7. The average molecular weight is 558 g/mol. The molecular formula is C30H29F2N7O2. The summed E-state index contributed by atoms with van der Waals surface area (Å²) in [7, 11) is 1.82. The number of likely N-dealkylation sites (N-methyl/N-ethyl adjacent to an activating group) is 1. The molecule has 4 rings (SSSR count). The highest BCUT2D eigenvalue weighted by Crippen LogP contribution is 2.29. The standard InChI is InChI=1S/C30H29F2N7O2/c1-4-41-23-15-14-21(25(31)26(23)32)27(33)24-28(34)35-17-36-29(24)37-18(2)30(39(3)20-11-6-5-7-12-20)38-22-13-9-8-10-19(22)16-40/h5-18,33H,4H2,1-3H3,(H3,34,35,36,37). The number of amidine groups is 1. The molecule has 0 bridgehead atoms. The molecule has 9 nitrogen and oxygen atoms in total. The van der Waals surface area contributed by atoms with Gasteiger partial charge < -0.3 is 20.7 Å². The number of hydrogen-bond acceptors (Lipinski definition) is 8. The number of nitrogens with two attached hydrogens (primary N) is 1. The van der Waals surface area contributed by atoms with Gasteiger partial charge in [-0.2, -0.15) is 4.39 Å². The zero-order chi connectivity index (χ0) is 29.5. The van der Waals surface area contributed by atoms with Crippen LogP contribution in [-0.2, 0) is 0 Å². The van der Waals surface area contributed by atoms with E-state index in [2.05, 4.69) is 15.3 Å². The molecule has 3 aromatic carbocycles. The van der Waals surface area contributed by atoms with E-state index < -0.39 is 23.4 Å². The highest BCUT2D eigenvalue weighted by atomic mass is 19.2. The minimum atomic E-state index is -1.25. The van der Waals surface area contributed by atoms with Crippen molar-refractivity contribution in [3.8, 4) is 5.75 Å². The molecule has 1 heterocycles. The van der Waals surface area contributed by atoms with Crippen molar-refractivity contribution in [2.45, 2.75) is 19.9 Å². The Labute approximate surface area is 236 Å². The van der Waals surface area contributed by atoms with E-state index >= 15 is 4.39 Å². The highest BCUT2D eigenvalue weighted by Gasteiger charge is 2.25. The average Bonchev–Trinajstić information content (AvgIpc) is 2.98. The molecule has 0 saturated heterocycles. The first-order valence-electron chi connectivity index (χ1n) is 12.7. The van der Waals surface area contributed by atoms with Crippen LogP contribution in [-0.4, -0.2) is 47.5 Å². The van der Waals surface area contributed by atoms with E-state index in [1.54, 1.807) is 31.2 Å². The van der Waals surface area contributed by atoms with Gasteiger partial charge in [0.25, 0.3) is 0 Å². The smallest absolute Gasteiger partial charge is 0.201 e. The van der Waals surface area contributed by atoms with Gasteiger partial charge >= 0.3 is 0 Å². The fourth-order valence-corrected chi connectivity index (χ4v) is 4.21. The number of aldehydes is 1. The Balaban J connectivity index is 1.76. The molecule has 4 N–H and O–H groups in total. The van der Waals surface area contributed by atoms with Gasteiger partial charge in [0.2, 0.25) is 5.82 Å². The number of para-hydroxylation sites is 2. The molecule has 0 spiro atoms. The molecule has 0 aliphatic heterocycles. The number of anilines is 3. The van der Waals surface area contributed by atoms with Crippen LogP contribution in [0, 0.1) is 17.0 Å². The number of nitrogens with one attached hydrogen (secondary N) is 2. The normalized spacial score (nSPS) is 12.0. The van der Waals surface area contributed by atoms with Gasteiger partial charge in [0.1, 0.15) is 23.8 Å². The lowest BCUT2D eigenvalue weighted by Gasteiger charge is -2.28. The number of halogens is 2. The largest absolute Gasteiger partial charge is 0.491 e. The molecular weight excluding hydrogens is 528 g/mol. The van der Waals surface area contributed by atoms with Crippen molar-refractivity contribution in [3.05, 3.63) is 101 Å². The predicted octanol–water partition coefficient (Wildman–Crippen LogP) is 5.63. The van der Waals surface area contributed by atoms with E-state index in [0.29, 0.717) is 17.1 Å². The first-order valence-corrected chi connectivity index (χ1v) is 12.7. The maximum atomic E-state index is 15.0. The van der Waals surface area contributed by atoms with Gasteiger partial charge in [0.15, 0.2) is 17.9 Å². The Hall–Kier alpha value is -5.19. The number of hydrogen-bond donors (Lipinski definition) is 3. The van der Waals surface area contributed by atoms with Crippen LogP contribution in [0.2, 0.25) is 0 Å². The van der Waals surface area contributed by atoms with Crippen LogP contribution in [0.25, 0.3) is 0 Å². The predicted molar refractivity (Wildman–Crippen MR) is 157 cm³/mol. The summed E-state index contributed by atoms with van der Waals surface area (Å²) < 4.78 is 34.8. The van der Waals surface area contributed by atoms with Gasteiger partial charge in [0.05, 0.1) is 29.6 Å². The van der Waals surface area contributed by atoms with Crippen molar-refractivity contribution in [1.82, 2.24) is 9.97 Å². The third-order valence-corrected chi connectivity index (χ3v) is 6.27. The maximum Gasteiger partial charge on any atom is 0.201 e. The fourth-order valence-electron chi connectivity index (χ4n) is 4.21. The monoisotopic (exact) mass is 557 g/mol. The molecule has 11 heteroatoms. The minimum Gasteiger partial charge on any atom is -0.491 e. The summed E-state index contributed by atoms with van der Waals surface area (Å²) in [5.41, 5.74) is 7.05. The summed E-state index contributed by atoms with van der Waals surface area (Å²) in [4.78, 5) is 26.6. The van der Waals surface area contributed by atoms with Gasteiger partial charge in [-0.1, -0.05) is 30.3 Å². The summed E-state index contributed by atoms with van der Waals surface area (Å²) in [5.74, 6) is -2.21. The Morgan fingerprint density at radius 3 is 2.51 bits per heavy atom. The van der Waals surface area contributed by atoms with E-state index in [1.165, 1.54) is 18.5 Å². The summed E-state index contributed by atoms with van der Waals surface area (Å²) in [6, 6.07) is 18.3. The lowest BCUT2D eigenvalue weighted by atomic mass is 10.0. The van der Waals surface area contributed by atoms with Crippen LogP contribution >= 0.6 is 0 Å². The van der Waals surface area contributed by atoms with Crippen molar-refractivity contribution < 1.29 is 18.3 Å². The molecule has 1 aromatic heterocycles. The number of nitrogen functional groups attached to an aromatic ring is 1. The molecule has 0 aliphatic rings. The molecule has 0 aliphatic carbocycles. The van der Waals surface area contributed by atoms with Gasteiger partial charge in [-0.3, -0.25) is 10.2 Å². The molecule has 1 unspecified atom stereocenters. The maximum absolute atomic E-state index is 15.0. The number of ether oxygens (including phenoxy) is 1. The Kier molecular flexibility index (Phi) is 8.98. The molecule has 0 fully saturated rings. The zero-order valence-electron chi connectivity index (χ0n) is 22.7. The van der Waals surface area contributed by atoms with Gasteiger partial charge in [-0.25, -0.2) is 19.4 Å². The van der Waals surface area contributed by atoms with Crippen molar-refractivity contribution in [3.63, 3.8) is 0 Å². The molecule has 0 amide bonds. The summed E-state index contributed by atoms with van der Waals surface area (Å²) in [6.45, 7) is 3.61. The van der Waals surface area contributed by atoms with E-state index in [1.807, 2.05) is 49.2 Å². The number of nitrogens with zero attached hydrogens (tertiary/aromatic N) is 4. The third kappa shape index (κ3) is 6.19. The fraction of sp³-hybridized carbons (Fsp3) is 0.167. The molecule has 0 saturated carbocycles. The Morgan fingerprint density at radius 2 is 1.80 bits per heavy atom. The quantitative estimate of drug-likeness (QED) is 0.131. The van der Waals surface area contributed by atoms with Gasteiger partial charge in [-0.15, -0.1) is 0 Å². The SMILES string of the molecule is CCOc1ccc(C(=N)c2c(N)ncnc2NC(C)C(=Nc2ccccc2C=O)N(C)c2ccccc2)c(F)c1F. The molecule has 210 valence electrons. The lowest BCUT2D eigenvalue weighted by Crippen LogP contribution is -2.40. The van der Waals surface area contributed by atoms with E-state index in [4.69, 9.17) is 20.9 Å². The van der Waals surface area contributed by atoms with Crippen LogP contribution in [0.4, 0.5) is 31.8 Å². The van der Waals surface area contributed by atoms with Crippen LogP contribution in [0.15, 0.2) is 78.0 Å². The van der Waals surface area contributed by atoms with Crippen molar-refractivity contribution in [2.24, 2.45) is 4.99 Å². The van der Waals surface area contributed by atoms with Crippen LogP contribution < -0.4 is 20.7 Å². The number of rotatable bonds is 10. The number of aromatic nitrogens is 2. The summed E-state index contributed by atoms with van der Waals surface area (Å²) >= 11 is 0. The van der Waals surface area contributed by atoms with Gasteiger partial charge in [-0.05, 0) is 50.2 Å². The number of aliphatic imine (C=N–C) groups is 1. The first kappa shape index (κ1) is 28.8. The number of benzene rings is 3. The van der Waals surface area contributed by atoms with Gasteiger partial charge in [0, 0.05) is 23.9 Å². The first-order chi connectivity index (χ1) is 19.8. The van der Waals surface area contributed by atoms with Crippen molar-refractivity contribution in [1.29, 1.82) is 5.41 Å². The Bertz CT molecular complexity index is 1600. The summed E-state index contributed by atoms with van der Waals surface area (Å²) in [6.07, 6.45) is 1.93. The highest BCUT2D eigenvalue weighted by molar-refractivity contribution is 6.16. The third-order valence-electron chi connectivity index (χ3n) is 6.27. The van der Waals surface area contributed by atoms with Crippen LogP contribution in [0.1, 0.15) is 35.3 Å². The number of carbonyl (C=O) groups excluding carboxylic acids is 1. The molecule has 4 aromatic rings. The van der Waals surface area contributed by atoms with Crippen LogP contribution in [0.5, 0.6) is 5.75 Å². The number of carbonyl (C=O) groups is 1. The second-order valence-electron chi connectivity index (χ2n) is 8.94. The Morgan fingerprint density at radius 1 is 1.10 bits per heavy atom. The lowest BCUT2D eigenvalue weighted by molar-refractivity contribution is 0.112. The molecule has 0 radical (unpaired) electrons. The van der Waals surface area contributed by atoms with Crippen LogP contribution in [0.3, 0.4) is 0 Å². The second-order valence-corrected chi connectivity index (χ2v) is 8.94. The molecule has 1 atom stereocenters. The van der Waals surface area contributed by atoms with Crippen molar-refractivity contribution >= 4 is 40.8 Å². The van der Waals surface area contributed by atoms with E-state index in [9.17, 15) is 9.18 Å². The second kappa shape index (κ2) is 12.8.